The third-order valence-corrected chi connectivity index (χ3v) is 3.17. The number of hydrogen-bond donors (Lipinski definition) is 1. The molecule has 96 valence electrons. The van der Waals surface area contributed by atoms with Crippen molar-refractivity contribution < 1.29 is 13.2 Å². The first-order valence-electron chi connectivity index (χ1n) is 4.84. The molecule has 2 N–H and O–H groups in total. The highest BCUT2D eigenvalue weighted by atomic mass is 35.5. The molecule has 0 aliphatic heterocycles. The van der Waals surface area contributed by atoms with Gasteiger partial charge in [-0.2, -0.15) is 13.2 Å². The second kappa shape index (κ2) is 4.67. The Balaban J connectivity index is 3.21. The molecule has 0 heterocycles. The van der Waals surface area contributed by atoms with E-state index in [9.17, 15) is 13.2 Å². The summed E-state index contributed by atoms with van der Waals surface area (Å²) >= 11 is 11.5. The van der Waals surface area contributed by atoms with Crippen molar-refractivity contribution >= 4 is 23.2 Å². The standard InChI is InChI=1S/C11H12Cl2F3N/c1-10(2,9(17)11(14,15)16)6-3-7(12)5-8(13)4-6/h3-5,9H,17H2,1-2H3. The van der Waals surface area contributed by atoms with Crippen molar-refractivity contribution in [3.05, 3.63) is 33.8 Å². The van der Waals surface area contributed by atoms with E-state index in [4.69, 9.17) is 28.9 Å². The first-order valence-corrected chi connectivity index (χ1v) is 5.59. The van der Waals surface area contributed by atoms with Gasteiger partial charge in [0, 0.05) is 15.5 Å². The highest BCUT2D eigenvalue weighted by Crippen LogP contribution is 2.37. The van der Waals surface area contributed by atoms with Crippen LogP contribution in [0.3, 0.4) is 0 Å². The first-order chi connectivity index (χ1) is 7.55. The third kappa shape index (κ3) is 3.27. The van der Waals surface area contributed by atoms with Crippen LogP contribution in [-0.4, -0.2) is 12.2 Å². The van der Waals surface area contributed by atoms with E-state index in [-0.39, 0.29) is 10.0 Å². The summed E-state index contributed by atoms with van der Waals surface area (Å²) in [5, 5.41) is 0.574. The quantitative estimate of drug-likeness (QED) is 0.868. The van der Waals surface area contributed by atoms with E-state index in [1.54, 1.807) is 0 Å². The number of nitrogens with two attached hydrogens (primary N) is 1. The summed E-state index contributed by atoms with van der Waals surface area (Å²) in [4.78, 5) is 0. The zero-order valence-electron chi connectivity index (χ0n) is 9.28. The number of rotatable bonds is 2. The van der Waals surface area contributed by atoms with Crippen LogP contribution in [0.1, 0.15) is 19.4 Å². The van der Waals surface area contributed by atoms with Crippen molar-refractivity contribution in [1.29, 1.82) is 0 Å². The molecular formula is C11H12Cl2F3N. The third-order valence-electron chi connectivity index (χ3n) is 2.74. The number of alkyl halides is 3. The van der Waals surface area contributed by atoms with Crippen LogP contribution in [0.2, 0.25) is 10.0 Å². The van der Waals surface area contributed by atoms with Gasteiger partial charge in [-0.15, -0.1) is 0 Å². The Morgan fingerprint density at radius 2 is 1.47 bits per heavy atom. The zero-order chi connectivity index (χ0) is 13.4. The van der Waals surface area contributed by atoms with Crippen LogP contribution in [0, 0.1) is 0 Å². The van der Waals surface area contributed by atoms with E-state index >= 15 is 0 Å². The van der Waals surface area contributed by atoms with Crippen LogP contribution < -0.4 is 5.73 Å². The van der Waals surface area contributed by atoms with E-state index in [1.165, 1.54) is 32.0 Å². The predicted octanol–water partition coefficient (Wildman–Crippen LogP) is 4.16. The molecule has 0 aromatic heterocycles. The topological polar surface area (TPSA) is 26.0 Å². The Hall–Kier alpha value is -0.450. The Labute approximate surface area is 108 Å². The second-order valence-corrected chi connectivity index (χ2v) is 5.27. The van der Waals surface area contributed by atoms with Gasteiger partial charge in [-0.05, 0) is 23.8 Å². The fourth-order valence-electron chi connectivity index (χ4n) is 1.51. The smallest absolute Gasteiger partial charge is 0.319 e. The van der Waals surface area contributed by atoms with Crippen molar-refractivity contribution in [3.63, 3.8) is 0 Å². The summed E-state index contributed by atoms with van der Waals surface area (Å²) in [6, 6.07) is 2.37. The van der Waals surface area contributed by atoms with Crippen molar-refractivity contribution in [3.8, 4) is 0 Å². The van der Waals surface area contributed by atoms with Gasteiger partial charge in [0.1, 0.15) is 6.04 Å². The van der Waals surface area contributed by atoms with Gasteiger partial charge < -0.3 is 5.73 Å². The molecule has 0 radical (unpaired) electrons. The van der Waals surface area contributed by atoms with Gasteiger partial charge in [-0.3, -0.25) is 0 Å². The molecule has 6 heteroatoms. The largest absolute Gasteiger partial charge is 0.404 e. The summed E-state index contributed by atoms with van der Waals surface area (Å²) in [5.41, 5.74) is 4.31. The Bertz CT molecular complexity index is 395. The fraction of sp³-hybridized carbons (Fsp3) is 0.455. The maximum atomic E-state index is 12.6. The molecular weight excluding hydrogens is 274 g/mol. The molecule has 1 rings (SSSR count). The molecule has 0 saturated carbocycles. The van der Waals surface area contributed by atoms with Crippen LogP contribution in [-0.2, 0) is 5.41 Å². The summed E-state index contributed by atoms with van der Waals surface area (Å²) in [7, 11) is 0. The lowest BCUT2D eigenvalue weighted by molar-refractivity contribution is -0.160. The van der Waals surface area contributed by atoms with Crippen molar-refractivity contribution in [2.24, 2.45) is 5.73 Å². The molecule has 0 spiro atoms. The summed E-state index contributed by atoms with van der Waals surface area (Å²) in [6.45, 7) is 2.82. The number of hydrogen-bond acceptors (Lipinski definition) is 1. The minimum absolute atomic E-state index is 0.287. The van der Waals surface area contributed by atoms with Crippen LogP contribution >= 0.6 is 23.2 Å². The summed E-state index contributed by atoms with van der Waals surface area (Å²) in [5.74, 6) is 0. The van der Waals surface area contributed by atoms with Crippen LogP contribution in [0.25, 0.3) is 0 Å². The molecule has 0 aliphatic carbocycles. The SMILES string of the molecule is CC(C)(c1cc(Cl)cc(Cl)c1)C(N)C(F)(F)F. The molecule has 1 atom stereocenters. The van der Waals surface area contributed by atoms with Gasteiger partial charge in [0.25, 0.3) is 0 Å². The van der Waals surface area contributed by atoms with E-state index in [1.807, 2.05) is 0 Å². The van der Waals surface area contributed by atoms with E-state index < -0.39 is 17.6 Å². The zero-order valence-corrected chi connectivity index (χ0v) is 10.8. The molecule has 1 aromatic carbocycles. The number of halogens is 5. The van der Waals surface area contributed by atoms with Gasteiger partial charge in [-0.1, -0.05) is 37.0 Å². The normalized spacial score (nSPS) is 14.8. The average Bonchev–Trinajstić information content (AvgIpc) is 2.13. The minimum atomic E-state index is -4.47. The Morgan fingerprint density at radius 1 is 1.06 bits per heavy atom. The lowest BCUT2D eigenvalue weighted by atomic mass is 9.78. The predicted molar refractivity (Wildman–Crippen MR) is 63.5 cm³/mol. The fourth-order valence-corrected chi connectivity index (χ4v) is 2.04. The van der Waals surface area contributed by atoms with E-state index in [0.717, 1.165) is 0 Å². The first kappa shape index (κ1) is 14.6. The highest BCUT2D eigenvalue weighted by Gasteiger charge is 2.47. The van der Waals surface area contributed by atoms with E-state index in [2.05, 4.69) is 0 Å². The molecule has 0 saturated heterocycles. The molecule has 1 unspecified atom stereocenters. The maximum absolute atomic E-state index is 12.6. The van der Waals surface area contributed by atoms with Crippen molar-refractivity contribution in [2.75, 3.05) is 0 Å². The maximum Gasteiger partial charge on any atom is 0.404 e. The van der Waals surface area contributed by atoms with Crippen molar-refractivity contribution in [1.82, 2.24) is 0 Å². The number of benzene rings is 1. The molecule has 1 aromatic rings. The van der Waals surface area contributed by atoms with Gasteiger partial charge in [-0.25, -0.2) is 0 Å². The van der Waals surface area contributed by atoms with Gasteiger partial charge in [0.05, 0.1) is 0 Å². The highest BCUT2D eigenvalue weighted by molar-refractivity contribution is 6.34. The molecule has 0 amide bonds. The molecule has 17 heavy (non-hydrogen) atoms. The molecule has 0 bridgehead atoms. The van der Waals surface area contributed by atoms with Crippen LogP contribution in [0.15, 0.2) is 18.2 Å². The monoisotopic (exact) mass is 285 g/mol. The van der Waals surface area contributed by atoms with Crippen LogP contribution in [0.4, 0.5) is 13.2 Å². The van der Waals surface area contributed by atoms with Gasteiger partial charge in [0.2, 0.25) is 0 Å². The van der Waals surface area contributed by atoms with E-state index in [0.29, 0.717) is 5.56 Å². The Kier molecular flexibility index (Phi) is 4.01. The van der Waals surface area contributed by atoms with Crippen molar-refractivity contribution in [2.45, 2.75) is 31.5 Å². The molecule has 0 aliphatic rings. The molecule has 0 fully saturated rings. The summed E-state index contributed by atoms with van der Waals surface area (Å²) < 4.78 is 37.9. The van der Waals surface area contributed by atoms with Crippen LogP contribution in [0.5, 0.6) is 0 Å². The Morgan fingerprint density at radius 3 is 1.82 bits per heavy atom. The summed E-state index contributed by atoms with van der Waals surface area (Å²) in [6.07, 6.45) is -4.47. The minimum Gasteiger partial charge on any atom is -0.319 e. The van der Waals surface area contributed by atoms with Gasteiger partial charge >= 0.3 is 6.18 Å². The molecule has 1 nitrogen and oxygen atoms in total. The average molecular weight is 286 g/mol. The lowest BCUT2D eigenvalue weighted by Gasteiger charge is -2.33. The second-order valence-electron chi connectivity index (χ2n) is 4.40. The lowest BCUT2D eigenvalue weighted by Crippen LogP contribution is -2.51. The van der Waals surface area contributed by atoms with Gasteiger partial charge in [0.15, 0.2) is 0 Å².